The first-order valence-electron chi connectivity index (χ1n) is 9.34. The maximum Gasteiger partial charge on any atom is 0.270 e. The summed E-state index contributed by atoms with van der Waals surface area (Å²) in [6.07, 6.45) is 0. The summed E-state index contributed by atoms with van der Waals surface area (Å²) in [6.45, 7) is 2.42. The number of halogens is 1. The lowest BCUT2D eigenvalue weighted by Crippen LogP contribution is -2.26. The number of carbonyl (C=O) groups is 1. The smallest absolute Gasteiger partial charge is 0.270 e. The SMILES string of the molecule is CCOc1ccc(N(C(=O)c2ccc([N+](=O)[O-])cc2Cl)c2nc3ccccc3s2)cc1. The number of nitro groups is 1. The summed E-state index contributed by atoms with van der Waals surface area (Å²) in [6, 6.07) is 18.4. The van der Waals surface area contributed by atoms with Crippen molar-refractivity contribution in [3.8, 4) is 5.75 Å². The number of amides is 1. The minimum Gasteiger partial charge on any atom is -0.494 e. The normalized spacial score (nSPS) is 10.8. The second kappa shape index (κ2) is 8.71. The summed E-state index contributed by atoms with van der Waals surface area (Å²) < 4.78 is 6.42. The van der Waals surface area contributed by atoms with Crippen LogP contribution < -0.4 is 9.64 Å². The maximum absolute atomic E-state index is 13.5. The molecule has 0 aliphatic carbocycles. The van der Waals surface area contributed by atoms with Crippen LogP contribution in [0.5, 0.6) is 5.75 Å². The highest BCUT2D eigenvalue weighted by atomic mass is 35.5. The zero-order chi connectivity index (χ0) is 22.0. The highest BCUT2D eigenvalue weighted by Crippen LogP contribution is 2.36. The molecule has 0 radical (unpaired) electrons. The van der Waals surface area contributed by atoms with Crippen LogP contribution in [0.15, 0.2) is 66.7 Å². The van der Waals surface area contributed by atoms with Crippen LogP contribution in [0.25, 0.3) is 10.2 Å². The molecule has 0 atom stereocenters. The second-order valence-corrected chi connectivity index (χ2v) is 7.87. The van der Waals surface area contributed by atoms with E-state index in [-0.39, 0.29) is 16.3 Å². The molecular weight excluding hydrogens is 438 g/mol. The Bertz CT molecular complexity index is 1240. The van der Waals surface area contributed by atoms with E-state index in [0.29, 0.717) is 23.2 Å². The summed E-state index contributed by atoms with van der Waals surface area (Å²) in [7, 11) is 0. The fourth-order valence-electron chi connectivity index (χ4n) is 3.04. The van der Waals surface area contributed by atoms with Crippen molar-refractivity contribution in [3.05, 3.63) is 87.4 Å². The Kier molecular flexibility index (Phi) is 5.83. The van der Waals surface area contributed by atoms with Crippen LogP contribution in [0.3, 0.4) is 0 Å². The van der Waals surface area contributed by atoms with Gasteiger partial charge in [-0.05, 0) is 49.4 Å². The molecule has 3 aromatic carbocycles. The fraction of sp³-hybridized carbons (Fsp3) is 0.0909. The van der Waals surface area contributed by atoms with Crippen molar-refractivity contribution in [2.24, 2.45) is 0 Å². The Morgan fingerprint density at radius 1 is 1.16 bits per heavy atom. The van der Waals surface area contributed by atoms with Gasteiger partial charge in [0.05, 0.1) is 38.0 Å². The van der Waals surface area contributed by atoms with Gasteiger partial charge in [0.1, 0.15) is 5.75 Å². The Morgan fingerprint density at radius 3 is 2.55 bits per heavy atom. The molecule has 0 saturated carbocycles. The Hall–Kier alpha value is -3.49. The zero-order valence-corrected chi connectivity index (χ0v) is 17.9. The molecular formula is C22H16ClN3O4S. The van der Waals surface area contributed by atoms with Crippen LogP contribution in [-0.2, 0) is 0 Å². The van der Waals surface area contributed by atoms with E-state index in [2.05, 4.69) is 4.98 Å². The van der Waals surface area contributed by atoms with Gasteiger partial charge >= 0.3 is 0 Å². The second-order valence-electron chi connectivity index (χ2n) is 6.45. The van der Waals surface area contributed by atoms with Crippen LogP contribution >= 0.6 is 22.9 Å². The summed E-state index contributed by atoms with van der Waals surface area (Å²) in [5.74, 6) is 0.236. The molecule has 1 heterocycles. The van der Waals surface area contributed by atoms with E-state index in [4.69, 9.17) is 16.3 Å². The summed E-state index contributed by atoms with van der Waals surface area (Å²) in [4.78, 5) is 30.1. The van der Waals surface area contributed by atoms with Crippen molar-refractivity contribution in [2.75, 3.05) is 11.5 Å². The minimum absolute atomic E-state index is 0.00347. The van der Waals surface area contributed by atoms with Gasteiger partial charge in [0.2, 0.25) is 0 Å². The maximum atomic E-state index is 13.5. The van der Waals surface area contributed by atoms with E-state index in [1.807, 2.05) is 31.2 Å². The number of hydrogen-bond acceptors (Lipinski definition) is 6. The first-order valence-corrected chi connectivity index (χ1v) is 10.5. The molecule has 0 aliphatic heterocycles. The van der Waals surface area contributed by atoms with E-state index in [1.54, 1.807) is 24.3 Å². The number of nitro benzene ring substituents is 1. The average Bonchev–Trinajstić information content (AvgIpc) is 3.18. The Balaban J connectivity index is 1.81. The first-order chi connectivity index (χ1) is 15.0. The molecule has 0 unspecified atom stereocenters. The van der Waals surface area contributed by atoms with Gasteiger partial charge in [-0.25, -0.2) is 4.98 Å². The number of rotatable bonds is 6. The molecule has 156 valence electrons. The zero-order valence-electron chi connectivity index (χ0n) is 16.3. The molecule has 0 spiro atoms. The third kappa shape index (κ3) is 4.21. The van der Waals surface area contributed by atoms with Crippen molar-refractivity contribution < 1.29 is 14.5 Å². The van der Waals surface area contributed by atoms with Crippen molar-refractivity contribution in [1.82, 2.24) is 4.98 Å². The molecule has 0 bridgehead atoms. The highest BCUT2D eigenvalue weighted by molar-refractivity contribution is 7.22. The van der Waals surface area contributed by atoms with Gasteiger partial charge in [0, 0.05) is 12.1 Å². The third-order valence-electron chi connectivity index (χ3n) is 4.48. The number of anilines is 2. The topological polar surface area (TPSA) is 85.6 Å². The molecule has 0 N–H and O–H groups in total. The van der Waals surface area contributed by atoms with E-state index < -0.39 is 10.8 Å². The van der Waals surface area contributed by atoms with Gasteiger partial charge < -0.3 is 4.74 Å². The van der Waals surface area contributed by atoms with E-state index in [9.17, 15) is 14.9 Å². The number of benzene rings is 3. The lowest BCUT2D eigenvalue weighted by atomic mass is 10.1. The van der Waals surface area contributed by atoms with Crippen LogP contribution in [0.2, 0.25) is 5.02 Å². The van der Waals surface area contributed by atoms with E-state index in [1.165, 1.54) is 34.4 Å². The van der Waals surface area contributed by atoms with Crippen molar-refractivity contribution in [2.45, 2.75) is 6.92 Å². The van der Waals surface area contributed by atoms with Crippen LogP contribution in [-0.4, -0.2) is 22.4 Å². The predicted octanol–water partition coefficient (Wildman–Crippen LogP) is 6.24. The van der Waals surface area contributed by atoms with Crippen LogP contribution in [0, 0.1) is 10.1 Å². The van der Waals surface area contributed by atoms with Gasteiger partial charge in [-0.3, -0.25) is 19.8 Å². The summed E-state index contributed by atoms with van der Waals surface area (Å²) in [5, 5.41) is 11.5. The number of non-ortho nitro benzene ring substituents is 1. The van der Waals surface area contributed by atoms with Crippen molar-refractivity contribution >= 4 is 55.6 Å². The van der Waals surface area contributed by atoms with Crippen molar-refractivity contribution in [1.29, 1.82) is 0 Å². The molecule has 1 amide bonds. The summed E-state index contributed by atoms with van der Waals surface area (Å²) >= 11 is 7.61. The van der Waals surface area contributed by atoms with Gasteiger partial charge in [-0.1, -0.05) is 35.1 Å². The first kappa shape index (κ1) is 20.8. The average molecular weight is 454 g/mol. The number of fused-ring (bicyclic) bond motifs is 1. The molecule has 1 aromatic heterocycles. The molecule has 0 fully saturated rings. The van der Waals surface area contributed by atoms with Gasteiger partial charge in [0.15, 0.2) is 5.13 Å². The number of aromatic nitrogens is 1. The quantitative estimate of drug-likeness (QED) is 0.255. The third-order valence-corrected chi connectivity index (χ3v) is 5.81. The Labute approximate surface area is 186 Å². The number of thiazole rings is 1. The molecule has 31 heavy (non-hydrogen) atoms. The van der Waals surface area contributed by atoms with Gasteiger partial charge in [-0.15, -0.1) is 0 Å². The number of para-hydroxylation sites is 1. The molecule has 4 rings (SSSR count). The Morgan fingerprint density at radius 2 is 1.90 bits per heavy atom. The molecule has 4 aromatic rings. The largest absolute Gasteiger partial charge is 0.494 e. The van der Waals surface area contributed by atoms with Crippen molar-refractivity contribution in [3.63, 3.8) is 0 Å². The lowest BCUT2D eigenvalue weighted by molar-refractivity contribution is -0.384. The minimum atomic E-state index is -0.558. The summed E-state index contributed by atoms with van der Waals surface area (Å²) in [5.41, 5.74) is 1.29. The number of ether oxygens (including phenoxy) is 1. The van der Waals surface area contributed by atoms with Crippen LogP contribution in [0.4, 0.5) is 16.5 Å². The van der Waals surface area contributed by atoms with Crippen LogP contribution in [0.1, 0.15) is 17.3 Å². The highest BCUT2D eigenvalue weighted by Gasteiger charge is 2.26. The van der Waals surface area contributed by atoms with E-state index >= 15 is 0 Å². The number of hydrogen-bond donors (Lipinski definition) is 0. The lowest BCUT2D eigenvalue weighted by Gasteiger charge is -2.21. The monoisotopic (exact) mass is 453 g/mol. The standard InChI is InChI=1S/C22H16ClN3O4S/c1-2-30-16-10-7-14(8-11-16)25(22-24-19-5-3-4-6-20(19)31-22)21(27)17-12-9-15(26(28)29)13-18(17)23/h3-13H,2H2,1H3. The molecule has 7 nitrogen and oxygen atoms in total. The molecule has 0 saturated heterocycles. The predicted molar refractivity (Wildman–Crippen MR) is 122 cm³/mol. The number of carbonyl (C=O) groups excluding carboxylic acids is 1. The number of nitrogens with zero attached hydrogens (tertiary/aromatic N) is 3. The van der Waals surface area contributed by atoms with E-state index in [0.717, 1.165) is 10.2 Å². The molecule has 9 heteroatoms. The van der Waals surface area contributed by atoms with Gasteiger partial charge in [0.25, 0.3) is 11.6 Å². The fourth-order valence-corrected chi connectivity index (χ4v) is 4.28. The molecule has 0 aliphatic rings. The van der Waals surface area contributed by atoms with Gasteiger partial charge in [-0.2, -0.15) is 0 Å².